The lowest BCUT2D eigenvalue weighted by atomic mass is 10.1. The van der Waals surface area contributed by atoms with Crippen molar-refractivity contribution in [3.8, 4) is 5.75 Å². The summed E-state index contributed by atoms with van der Waals surface area (Å²) in [6.45, 7) is 3.89. The summed E-state index contributed by atoms with van der Waals surface area (Å²) in [6.07, 6.45) is 13.8. The lowest BCUT2D eigenvalue weighted by molar-refractivity contribution is 0.0247. The maximum Gasteiger partial charge on any atom is 0.130 e. The smallest absolute Gasteiger partial charge is 0.130 e. The number of aromatic nitrogens is 1. The molecule has 4 nitrogen and oxygen atoms in total. The molecule has 1 aliphatic rings. The predicted molar refractivity (Wildman–Crippen MR) is 99.7 cm³/mol. The molecule has 0 radical (unpaired) electrons. The van der Waals surface area contributed by atoms with Gasteiger partial charge in [0.15, 0.2) is 0 Å². The van der Waals surface area contributed by atoms with E-state index in [0.717, 1.165) is 43.9 Å². The van der Waals surface area contributed by atoms with Gasteiger partial charge in [0, 0.05) is 31.0 Å². The lowest BCUT2D eigenvalue weighted by Crippen LogP contribution is -2.27. The van der Waals surface area contributed by atoms with E-state index in [1.807, 2.05) is 0 Å². The van der Waals surface area contributed by atoms with Crippen LogP contribution >= 0.6 is 0 Å². The molecule has 1 saturated heterocycles. The standard InChI is InChI=1S/C20H34N2O2/c1-2-3-4-5-6-7-8-11-17-14-18(23)15-20(22-17)21-16-19-12-9-10-13-24-19/h14-15,19H,2-13,16H2,1H3,(H2,21,22,23). The fourth-order valence-electron chi connectivity index (χ4n) is 3.24. The number of unbranched alkanes of at least 4 members (excludes halogenated alkanes) is 6. The van der Waals surface area contributed by atoms with E-state index in [4.69, 9.17) is 4.74 Å². The van der Waals surface area contributed by atoms with Crippen molar-refractivity contribution in [2.45, 2.75) is 83.7 Å². The van der Waals surface area contributed by atoms with E-state index in [0.29, 0.717) is 5.75 Å². The van der Waals surface area contributed by atoms with Crippen LogP contribution in [0, 0.1) is 0 Å². The van der Waals surface area contributed by atoms with Crippen LogP contribution in [0.15, 0.2) is 12.1 Å². The molecular formula is C20H34N2O2. The van der Waals surface area contributed by atoms with E-state index in [1.54, 1.807) is 12.1 Å². The van der Waals surface area contributed by atoms with Gasteiger partial charge in [-0.25, -0.2) is 4.98 Å². The third-order valence-electron chi connectivity index (χ3n) is 4.68. The van der Waals surface area contributed by atoms with Gasteiger partial charge in [-0.1, -0.05) is 45.4 Å². The van der Waals surface area contributed by atoms with Gasteiger partial charge in [-0.05, 0) is 32.1 Å². The lowest BCUT2D eigenvalue weighted by Gasteiger charge is -2.23. The number of aryl methyl sites for hydroxylation is 1. The maximum absolute atomic E-state index is 9.92. The highest BCUT2D eigenvalue weighted by Crippen LogP contribution is 2.19. The van der Waals surface area contributed by atoms with Crippen LogP contribution in [0.25, 0.3) is 0 Å². The van der Waals surface area contributed by atoms with Crippen LogP contribution < -0.4 is 5.32 Å². The van der Waals surface area contributed by atoms with E-state index in [1.165, 1.54) is 51.4 Å². The second-order valence-corrected chi connectivity index (χ2v) is 6.94. The van der Waals surface area contributed by atoms with Crippen molar-refractivity contribution in [3.05, 3.63) is 17.8 Å². The minimum atomic E-state index is 0.273. The highest BCUT2D eigenvalue weighted by atomic mass is 16.5. The molecule has 136 valence electrons. The molecule has 1 aromatic rings. The minimum absolute atomic E-state index is 0.273. The molecule has 0 bridgehead atoms. The molecule has 1 aliphatic heterocycles. The van der Waals surface area contributed by atoms with Crippen LogP contribution in [0.4, 0.5) is 5.82 Å². The van der Waals surface area contributed by atoms with Crippen molar-refractivity contribution >= 4 is 5.82 Å². The zero-order chi connectivity index (χ0) is 17.0. The minimum Gasteiger partial charge on any atom is -0.508 e. The Kier molecular flexibility index (Phi) is 8.96. The first-order valence-corrected chi connectivity index (χ1v) is 9.83. The summed E-state index contributed by atoms with van der Waals surface area (Å²) >= 11 is 0. The quantitative estimate of drug-likeness (QED) is 0.555. The van der Waals surface area contributed by atoms with Crippen molar-refractivity contribution < 1.29 is 9.84 Å². The summed E-state index contributed by atoms with van der Waals surface area (Å²) < 4.78 is 5.73. The largest absolute Gasteiger partial charge is 0.508 e. The summed E-state index contributed by atoms with van der Waals surface area (Å²) in [5.74, 6) is 1.07. The summed E-state index contributed by atoms with van der Waals surface area (Å²) in [7, 11) is 0. The Hall–Kier alpha value is -1.29. The Balaban J connectivity index is 1.69. The molecular weight excluding hydrogens is 300 g/mol. The van der Waals surface area contributed by atoms with Crippen molar-refractivity contribution in [1.82, 2.24) is 4.98 Å². The monoisotopic (exact) mass is 334 g/mol. The van der Waals surface area contributed by atoms with Gasteiger partial charge in [-0.2, -0.15) is 0 Å². The van der Waals surface area contributed by atoms with E-state index < -0.39 is 0 Å². The number of aromatic hydroxyl groups is 1. The molecule has 2 heterocycles. The van der Waals surface area contributed by atoms with Crippen LogP contribution in [-0.4, -0.2) is 29.3 Å². The van der Waals surface area contributed by atoms with Gasteiger partial charge in [0.1, 0.15) is 11.6 Å². The molecule has 0 aliphatic carbocycles. The SMILES string of the molecule is CCCCCCCCCc1cc(O)cc(NCC2CCCCO2)n1. The first kappa shape index (κ1) is 19.0. The van der Waals surface area contributed by atoms with Crippen LogP contribution in [0.2, 0.25) is 0 Å². The number of pyridine rings is 1. The van der Waals surface area contributed by atoms with Crippen LogP contribution in [0.5, 0.6) is 5.75 Å². The number of hydrogen-bond acceptors (Lipinski definition) is 4. The predicted octanol–water partition coefficient (Wildman–Crippen LogP) is 5.06. The molecule has 2 N–H and O–H groups in total. The van der Waals surface area contributed by atoms with Crippen LogP contribution in [0.1, 0.15) is 76.8 Å². The van der Waals surface area contributed by atoms with Crippen LogP contribution in [-0.2, 0) is 11.2 Å². The number of nitrogens with one attached hydrogen (secondary N) is 1. The zero-order valence-electron chi connectivity index (χ0n) is 15.2. The Morgan fingerprint density at radius 3 is 2.67 bits per heavy atom. The van der Waals surface area contributed by atoms with E-state index >= 15 is 0 Å². The molecule has 4 heteroatoms. The molecule has 0 amide bonds. The fraction of sp³-hybridized carbons (Fsp3) is 0.750. The number of nitrogens with zero attached hydrogens (tertiary/aromatic N) is 1. The number of ether oxygens (including phenoxy) is 1. The number of anilines is 1. The zero-order valence-corrected chi connectivity index (χ0v) is 15.2. The average Bonchev–Trinajstić information content (AvgIpc) is 2.60. The van der Waals surface area contributed by atoms with Gasteiger partial charge in [0.25, 0.3) is 0 Å². The fourth-order valence-corrected chi connectivity index (χ4v) is 3.24. The molecule has 0 aromatic carbocycles. The van der Waals surface area contributed by atoms with Gasteiger partial charge in [0.05, 0.1) is 6.10 Å². The average molecular weight is 335 g/mol. The normalized spacial score (nSPS) is 17.8. The van der Waals surface area contributed by atoms with Gasteiger partial charge in [-0.3, -0.25) is 0 Å². The molecule has 0 saturated carbocycles. The summed E-state index contributed by atoms with van der Waals surface area (Å²) in [5, 5.41) is 13.2. The molecule has 0 spiro atoms. The van der Waals surface area contributed by atoms with Gasteiger partial charge < -0.3 is 15.2 Å². The Bertz CT molecular complexity index is 459. The molecule has 1 aromatic heterocycles. The van der Waals surface area contributed by atoms with E-state index in [9.17, 15) is 5.11 Å². The Morgan fingerprint density at radius 2 is 1.92 bits per heavy atom. The molecule has 1 atom stereocenters. The first-order chi connectivity index (χ1) is 11.8. The summed E-state index contributed by atoms with van der Waals surface area (Å²) in [4.78, 5) is 4.64. The highest BCUT2D eigenvalue weighted by Gasteiger charge is 2.13. The summed E-state index contributed by atoms with van der Waals surface area (Å²) in [6, 6.07) is 3.50. The Morgan fingerprint density at radius 1 is 1.12 bits per heavy atom. The second-order valence-electron chi connectivity index (χ2n) is 6.94. The summed E-state index contributed by atoms with van der Waals surface area (Å²) in [5.41, 5.74) is 0.982. The van der Waals surface area contributed by atoms with Crippen molar-refractivity contribution in [2.75, 3.05) is 18.5 Å². The van der Waals surface area contributed by atoms with E-state index in [-0.39, 0.29) is 6.10 Å². The maximum atomic E-state index is 9.92. The van der Waals surface area contributed by atoms with Gasteiger partial charge in [0.2, 0.25) is 0 Å². The molecule has 1 unspecified atom stereocenters. The number of hydrogen-bond donors (Lipinski definition) is 2. The second kappa shape index (κ2) is 11.3. The molecule has 24 heavy (non-hydrogen) atoms. The molecule has 2 rings (SSSR count). The van der Waals surface area contributed by atoms with Gasteiger partial charge >= 0.3 is 0 Å². The molecule has 1 fully saturated rings. The number of rotatable bonds is 11. The van der Waals surface area contributed by atoms with E-state index in [2.05, 4.69) is 17.2 Å². The third kappa shape index (κ3) is 7.52. The third-order valence-corrected chi connectivity index (χ3v) is 4.68. The van der Waals surface area contributed by atoms with Crippen LogP contribution in [0.3, 0.4) is 0 Å². The van der Waals surface area contributed by atoms with Gasteiger partial charge in [-0.15, -0.1) is 0 Å². The van der Waals surface area contributed by atoms with Crippen molar-refractivity contribution in [1.29, 1.82) is 0 Å². The highest BCUT2D eigenvalue weighted by molar-refractivity contribution is 5.42. The first-order valence-electron chi connectivity index (χ1n) is 9.83. The Labute approximate surface area is 147 Å². The topological polar surface area (TPSA) is 54.4 Å². The van der Waals surface area contributed by atoms with Crippen molar-refractivity contribution in [2.24, 2.45) is 0 Å². The van der Waals surface area contributed by atoms with Crippen molar-refractivity contribution in [3.63, 3.8) is 0 Å².